The molecule has 36 heavy (non-hydrogen) atoms. The fourth-order valence-electron chi connectivity index (χ4n) is 5.85. The van der Waals surface area contributed by atoms with Crippen LogP contribution >= 0.6 is 11.6 Å². The zero-order valence-corrected chi connectivity index (χ0v) is 21.9. The Hall–Kier alpha value is -2.05. The van der Waals surface area contributed by atoms with Crippen molar-refractivity contribution in [2.24, 2.45) is 11.8 Å². The number of carbonyl (C=O) groups is 1. The number of piperazine rings is 1. The first-order chi connectivity index (χ1) is 17.1. The average molecular weight is 521 g/mol. The summed E-state index contributed by atoms with van der Waals surface area (Å²) in [7, 11) is 0. The van der Waals surface area contributed by atoms with Crippen molar-refractivity contribution in [1.29, 1.82) is 0 Å². The maximum absolute atomic E-state index is 13.4. The van der Waals surface area contributed by atoms with Gasteiger partial charge in [0.2, 0.25) is 5.91 Å². The van der Waals surface area contributed by atoms with Gasteiger partial charge in [-0.05, 0) is 47.9 Å². The zero-order chi connectivity index (χ0) is 25.9. The molecule has 2 aromatic rings. The van der Waals surface area contributed by atoms with E-state index >= 15 is 0 Å². The lowest BCUT2D eigenvalue weighted by Gasteiger charge is -2.47. The van der Waals surface area contributed by atoms with Crippen LogP contribution < -0.4 is 0 Å². The fraction of sp³-hybridized carbons (Fsp3) is 0.552. The van der Waals surface area contributed by atoms with E-state index in [1.807, 2.05) is 30.3 Å². The van der Waals surface area contributed by atoms with Crippen LogP contribution in [0.15, 0.2) is 48.5 Å². The molecule has 1 saturated heterocycles. The molecule has 1 amide bonds. The van der Waals surface area contributed by atoms with Crippen molar-refractivity contribution >= 4 is 17.5 Å². The number of carbonyl (C=O) groups excluding carboxylic acids is 1. The standard InChI is InChI=1S/C29H36ClF3N2O/c1-20(2)26-19-34(15-16-35(26)27(36)17-21-9-5-3-6-10-21)28(22-11-7-4-8-12-22)24-14-13-23(18-25(24)30)29(31,32)33/h4,7-8,11-14,18,20-21,26,28H,3,5-6,9-10,15-17,19H2,1-2H3/t26-,28?/m1/s1. The number of nitrogens with zero attached hydrogens (tertiary/aromatic N) is 2. The smallest absolute Gasteiger partial charge is 0.337 e. The highest BCUT2D eigenvalue weighted by molar-refractivity contribution is 6.31. The highest BCUT2D eigenvalue weighted by Crippen LogP contribution is 2.39. The number of amides is 1. The van der Waals surface area contributed by atoms with Gasteiger partial charge in [-0.15, -0.1) is 0 Å². The first-order valence-electron chi connectivity index (χ1n) is 13.1. The van der Waals surface area contributed by atoms with Crippen LogP contribution in [-0.4, -0.2) is 41.4 Å². The number of hydrogen-bond donors (Lipinski definition) is 0. The van der Waals surface area contributed by atoms with Gasteiger partial charge < -0.3 is 4.90 Å². The number of alkyl halides is 3. The maximum atomic E-state index is 13.4. The molecule has 2 fully saturated rings. The van der Waals surface area contributed by atoms with E-state index in [9.17, 15) is 18.0 Å². The maximum Gasteiger partial charge on any atom is 0.416 e. The molecule has 1 saturated carbocycles. The molecule has 2 aromatic carbocycles. The van der Waals surface area contributed by atoms with Gasteiger partial charge in [-0.25, -0.2) is 0 Å². The highest BCUT2D eigenvalue weighted by Gasteiger charge is 2.38. The highest BCUT2D eigenvalue weighted by atomic mass is 35.5. The minimum absolute atomic E-state index is 0.0364. The van der Waals surface area contributed by atoms with Crippen molar-refractivity contribution in [2.75, 3.05) is 19.6 Å². The lowest BCUT2D eigenvalue weighted by atomic mass is 9.86. The third kappa shape index (κ3) is 6.25. The van der Waals surface area contributed by atoms with Gasteiger partial charge >= 0.3 is 6.18 Å². The number of rotatable bonds is 6. The van der Waals surface area contributed by atoms with Gasteiger partial charge in [-0.2, -0.15) is 13.2 Å². The number of benzene rings is 2. The SMILES string of the molecule is CC(C)[C@H]1CN(C(c2ccccc2)c2ccc(C(F)(F)F)cc2Cl)CCN1C(=O)CC1CCCCC1. The van der Waals surface area contributed by atoms with E-state index in [4.69, 9.17) is 11.6 Å². The van der Waals surface area contributed by atoms with Crippen molar-refractivity contribution in [2.45, 2.75) is 70.6 Å². The Balaban J connectivity index is 1.60. The molecule has 196 valence electrons. The Labute approximate surface area is 217 Å². The van der Waals surface area contributed by atoms with Crippen LogP contribution in [0.5, 0.6) is 0 Å². The van der Waals surface area contributed by atoms with E-state index in [-0.39, 0.29) is 28.9 Å². The summed E-state index contributed by atoms with van der Waals surface area (Å²) in [6.45, 7) is 6.16. The van der Waals surface area contributed by atoms with Gasteiger partial charge in [0, 0.05) is 37.1 Å². The summed E-state index contributed by atoms with van der Waals surface area (Å²) in [5.41, 5.74) is 0.880. The van der Waals surface area contributed by atoms with Crippen molar-refractivity contribution in [3.05, 3.63) is 70.2 Å². The van der Waals surface area contributed by atoms with E-state index in [0.717, 1.165) is 30.5 Å². The van der Waals surface area contributed by atoms with Crippen molar-refractivity contribution in [3.8, 4) is 0 Å². The van der Waals surface area contributed by atoms with Gasteiger partial charge in [-0.1, -0.05) is 81.1 Å². The molecule has 2 aliphatic rings. The molecule has 0 bridgehead atoms. The van der Waals surface area contributed by atoms with Crippen LogP contribution in [-0.2, 0) is 11.0 Å². The molecule has 2 atom stereocenters. The lowest BCUT2D eigenvalue weighted by molar-refractivity contribution is -0.139. The second-order valence-electron chi connectivity index (χ2n) is 10.6. The second kappa shape index (κ2) is 11.6. The quantitative estimate of drug-likeness (QED) is 0.392. The van der Waals surface area contributed by atoms with Crippen LogP contribution in [0.25, 0.3) is 0 Å². The van der Waals surface area contributed by atoms with Crippen LogP contribution in [0, 0.1) is 11.8 Å². The molecule has 0 radical (unpaired) electrons. The topological polar surface area (TPSA) is 23.6 Å². The molecule has 1 aliphatic heterocycles. The first-order valence-corrected chi connectivity index (χ1v) is 13.5. The predicted molar refractivity (Wildman–Crippen MR) is 138 cm³/mol. The summed E-state index contributed by atoms with van der Waals surface area (Å²) in [6.07, 6.45) is 2.15. The Morgan fingerprint density at radius 3 is 2.33 bits per heavy atom. The Morgan fingerprint density at radius 2 is 1.72 bits per heavy atom. The monoisotopic (exact) mass is 520 g/mol. The first kappa shape index (κ1) is 27.0. The molecule has 4 rings (SSSR count). The third-order valence-corrected chi connectivity index (χ3v) is 8.16. The molecule has 3 nitrogen and oxygen atoms in total. The fourth-order valence-corrected chi connectivity index (χ4v) is 6.13. The largest absolute Gasteiger partial charge is 0.416 e. The van der Waals surface area contributed by atoms with E-state index in [1.165, 1.54) is 25.3 Å². The summed E-state index contributed by atoms with van der Waals surface area (Å²) in [5, 5.41) is 0.107. The van der Waals surface area contributed by atoms with E-state index in [0.29, 0.717) is 37.5 Å². The molecule has 7 heteroatoms. The van der Waals surface area contributed by atoms with E-state index in [2.05, 4.69) is 23.6 Å². The molecular weight excluding hydrogens is 485 g/mol. The molecule has 1 unspecified atom stereocenters. The Kier molecular flexibility index (Phi) is 8.67. The summed E-state index contributed by atoms with van der Waals surface area (Å²) >= 11 is 6.49. The molecule has 1 heterocycles. The van der Waals surface area contributed by atoms with Crippen LogP contribution in [0.4, 0.5) is 13.2 Å². The molecule has 1 aliphatic carbocycles. The third-order valence-electron chi connectivity index (χ3n) is 7.83. The Morgan fingerprint density at radius 1 is 1.03 bits per heavy atom. The van der Waals surface area contributed by atoms with Gasteiger partial charge in [0.25, 0.3) is 0 Å². The molecular formula is C29H36ClF3N2O. The van der Waals surface area contributed by atoms with Crippen LogP contribution in [0.1, 0.15) is 75.1 Å². The van der Waals surface area contributed by atoms with Crippen molar-refractivity contribution in [1.82, 2.24) is 9.80 Å². The van der Waals surface area contributed by atoms with Crippen molar-refractivity contribution < 1.29 is 18.0 Å². The van der Waals surface area contributed by atoms with Gasteiger partial charge in [0.15, 0.2) is 0 Å². The average Bonchev–Trinajstić information content (AvgIpc) is 2.85. The van der Waals surface area contributed by atoms with E-state index < -0.39 is 11.7 Å². The second-order valence-corrected chi connectivity index (χ2v) is 11.1. The summed E-state index contributed by atoms with van der Waals surface area (Å²) in [4.78, 5) is 17.7. The summed E-state index contributed by atoms with van der Waals surface area (Å²) in [5.74, 6) is 0.979. The number of halogens is 4. The molecule has 0 spiro atoms. The summed E-state index contributed by atoms with van der Waals surface area (Å²) in [6, 6.07) is 13.2. The van der Waals surface area contributed by atoms with Gasteiger partial charge in [-0.3, -0.25) is 9.69 Å². The summed E-state index contributed by atoms with van der Waals surface area (Å²) < 4.78 is 39.9. The van der Waals surface area contributed by atoms with Gasteiger partial charge in [0.1, 0.15) is 0 Å². The molecule has 0 aromatic heterocycles. The normalized spacial score (nSPS) is 21.1. The lowest BCUT2D eigenvalue weighted by Crippen LogP contribution is -2.58. The van der Waals surface area contributed by atoms with E-state index in [1.54, 1.807) is 0 Å². The van der Waals surface area contributed by atoms with Crippen molar-refractivity contribution in [3.63, 3.8) is 0 Å². The zero-order valence-electron chi connectivity index (χ0n) is 21.1. The molecule has 0 N–H and O–H groups in total. The van der Waals surface area contributed by atoms with Crippen LogP contribution in [0.2, 0.25) is 5.02 Å². The Bertz CT molecular complexity index is 1020. The number of hydrogen-bond acceptors (Lipinski definition) is 2. The predicted octanol–water partition coefficient (Wildman–Crippen LogP) is 7.59. The minimum Gasteiger partial charge on any atom is -0.337 e. The van der Waals surface area contributed by atoms with Crippen LogP contribution in [0.3, 0.4) is 0 Å². The van der Waals surface area contributed by atoms with Gasteiger partial charge in [0.05, 0.1) is 11.6 Å². The minimum atomic E-state index is -4.45.